The lowest BCUT2D eigenvalue weighted by Gasteiger charge is -2.25. The monoisotopic (exact) mass is 326 g/mol. The number of nitrogens with zero attached hydrogens (tertiary/aromatic N) is 2. The molecule has 5 nitrogen and oxygen atoms in total. The van der Waals surface area contributed by atoms with Crippen LogP contribution in [0.4, 0.5) is 5.82 Å². The van der Waals surface area contributed by atoms with Gasteiger partial charge in [-0.2, -0.15) is 0 Å². The zero-order valence-corrected chi connectivity index (χ0v) is 13.0. The van der Waals surface area contributed by atoms with Crippen LogP contribution in [-0.4, -0.2) is 28.5 Å². The summed E-state index contributed by atoms with van der Waals surface area (Å²) in [4.78, 5) is 20.1. The van der Waals surface area contributed by atoms with Gasteiger partial charge in [-0.25, -0.2) is 9.97 Å². The van der Waals surface area contributed by atoms with Gasteiger partial charge in [-0.1, -0.05) is 20.8 Å². The molecule has 0 aliphatic carbocycles. The van der Waals surface area contributed by atoms with Crippen molar-refractivity contribution in [1.29, 1.82) is 0 Å². The first-order valence-corrected chi connectivity index (χ1v) is 7.22. The Balaban J connectivity index is 2.12. The number of halogens is 1. The normalized spacial score (nSPS) is 20.0. The molecule has 0 bridgehead atoms. The second kappa shape index (κ2) is 5.45. The van der Waals surface area contributed by atoms with E-state index in [1.165, 1.54) is 0 Å². The van der Waals surface area contributed by atoms with Gasteiger partial charge in [0, 0.05) is 30.5 Å². The molecule has 2 rings (SSSR count). The number of hydrogen-bond acceptors (Lipinski definition) is 4. The number of amides is 1. The van der Waals surface area contributed by atoms with Crippen LogP contribution in [0, 0.1) is 0 Å². The fourth-order valence-electron chi connectivity index (χ4n) is 1.89. The van der Waals surface area contributed by atoms with Crippen molar-refractivity contribution in [2.24, 2.45) is 0 Å². The first-order chi connectivity index (χ1) is 8.84. The first-order valence-electron chi connectivity index (χ1n) is 6.43. The molecule has 1 atom stereocenters. The van der Waals surface area contributed by atoms with Crippen LogP contribution in [-0.2, 0) is 10.2 Å². The molecule has 0 spiro atoms. The van der Waals surface area contributed by atoms with Gasteiger partial charge in [0.2, 0.25) is 5.91 Å². The van der Waals surface area contributed by atoms with Gasteiger partial charge in [0.05, 0.1) is 0 Å². The maximum absolute atomic E-state index is 11.1. The van der Waals surface area contributed by atoms with E-state index in [1.54, 1.807) is 0 Å². The topological polar surface area (TPSA) is 66.9 Å². The standard InChI is InChI=1S/C13H19BrN4O/c1-13(2,3)12-17-9(14)6-10(18-12)16-8-4-5-11(19)15-7-8/h6,8H,4-5,7H2,1-3H3,(H,15,19)(H,16,17,18). The summed E-state index contributed by atoms with van der Waals surface area (Å²) in [7, 11) is 0. The Bertz CT molecular complexity index is 474. The van der Waals surface area contributed by atoms with Crippen LogP contribution in [0.5, 0.6) is 0 Å². The van der Waals surface area contributed by atoms with Crippen molar-refractivity contribution in [3.8, 4) is 0 Å². The Morgan fingerprint density at radius 2 is 2.16 bits per heavy atom. The van der Waals surface area contributed by atoms with E-state index in [0.29, 0.717) is 13.0 Å². The molecule has 0 radical (unpaired) electrons. The highest BCUT2D eigenvalue weighted by atomic mass is 79.9. The number of anilines is 1. The van der Waals surface area contributed by atoms with Crippen LogP contribution in [0.3, 0.4) is 0 Å². The number of nitrogens with one attached hydrogen (secondary N) is 2. The second-order valence-electron chi connectivity index (χ2n) is 5.83. The van der Waals surface area contributed by atoms with E-state index in [2.05, 4.69) is 57.3 Å². The van der Waals surface area contributed by atoms with Gasteiger partial charge in [0.1, 0.15) is 16.2 Å². The van der Waals surface area contributed by atoms with Crippen molar-refractivity contribution in [3.05, 3.63) is 16.5 Å². The highest BCUT2D eigenvalue weighted by Gasteiger charge is 2.21. The number of carbonyl (C=O) groups excluding carboxylic acids is 1. The Hall–Kier alpha value is -1.17. The fraction of sp³-hybridized carbons (Fsp3) is 0.615. The van der Waals surface area contributed by atoms with Crippen molar-refractivity contribution >= 4 is 27.7 Å². The van der Waals surface area contributed by atoms with Crippen LogP contribution >= 0.6 is 15.9 Å². The molecule has 0 saturated carbocycles. The third-order valence-electron chi connectivity index (χ3n) is 2.98. The minimum Gasteiger partial charge on any atom is -0.365 e. The quantitative estimate of drug-likeness (QED) is 0.818. The van der Waals surface area contributed by atoms with Crippen molar-refractivity contribution < 1.29 is 4.79 Å². The summed E-state index contributed by atoms with van der Waals surface area (Å²) in [6.45, 7) is 6.89. The molecule has 1 aromatic heterocycles. The Morgan fingerprint density at radius 1 is 1.42 bits per heavy atom. The average Bonchev–Trinajstić information content (AvgIpc) is 2.30. The summed E-state index contributed by atoms with van der Waals surface area (Å²) in [5.74, 6) is 1.72. The summed E-state index contributed by atoms with van der Waals surface area (Å²) >= 11 is 3.42. The summed E-state index contributed by atoms with van der Waals surface area (Å²) in [5.41, 5.74) is -0.0962. The highest BCUT2D eigenvalue weighted by Crippen LogP contribution is 2.23. The van der Waals surface area contributed by atoms with Gasteiger partial charge in [-0.15, -0.1) is 0 Å². The van der Waals surface area contributed by atoms with Crippen LogP contribution in [0.15, 0.2) is 10.7 Å². The molecule has 1 aliphatic heterocycles. The van der Waals surface area contributed by atoms with Gasteiger partial charge < -0.3 is 10.6 Å². The van der Waals surface area contributed by atoms with E-state index >= 15 is 0 Å². The van der Waals surface area contributed by atoms with Crippen molar-refractivity contribution in [2.45, 2.75) is 45.1 Å². The molecule has 1 fully saturated rings. The average molecular weight is 327 g/mol. The molecule has 2 N–H and O–H groups in total. The van der Waals surface area contributed by atoms with E-state index in [1.807, 2.05) is 6.07 Å². The molecule has 1 unspecified atom stereocenters. The van der Waals surface area contributed by atoms with Crippen LogP contribution in [0.2, 0.25) is 0 Å². The maximum atomic E-state index is 11.1. The van der Waals surface area contributed by atoms with Gasteiger partial charge in [0.25, 0.3) is 0 Å². The molecule has 1 aromatic rings. The Kier molecular flexibility index (Phi) is 4.08. The summed E-state index contributed by atoms with van der Waals surface area (Å²) < 4.78 is 0.773. The minimum absolute atomic E-state index is 0.0962. The lowest BCUT2D eigenvalue weighted by atomic mass is 9.96. The predicted octanol–water partition coefficient (Wildman–Crippen LogP) is 2.23. The molecule has 2 heterocycles. The smallest absolute Gasteiger partial charge is 0.220 e. The van der Waals surface area contributed by atoms with Crippen molar-refractivity contribution in [2.75, 3.05) is 11.9 Å². The number of carbonyl (C=O) groups is 1. The van der Waals surface area contributed by atoms with Crippen LogP contribution < -0.4 is 10.6 Å². The lowest BCUT2D eigenvalue weighted by Crippen LogP contribution is -2.42. The van der Waals surface area contributed by atoms with Crippen molar-refractivity contribution in [3.63, 3.8) is 0 Å². The largest absolute Gasteiger partial charge is 0.365 e. The summed E-state index contributed by atoms with van der Waals surface area (Å²) in [5, 5.41) is 6.21. The summed E-state index contributed by atoms with van der Waals surface area (Å²) in [6, 6.07) is 2.10. The SMILES string of the molecule is CC(C)(C)c1nc(Br)cc(NC2CCC(=O)NC2)n1. The third kappa shape index (κ3) is 3.89. The number of hydrogen-bond donors (Lipinski definition) is 2. The van der Waals surface area contributed by atoms with Crippen molar-refractivity contribution in [1.82, 2.24) is 15.3 Å². The minimum atomic E-state index is -0.0962. The summed E-state index contributed by atoms with van der Waals surface area (Å²) in [6.07, 6.45) is 1.40. The zero-order valence-electron chi connectivity index (χ0n) is 11.5. The van der Waals surface area contributed by atoms with Gasteiger partial charge in [-0.05, 0) is 22.4 Å². The van der Waals surface area contributed by atoms with E-state index in [9.17, 15) is 4.79 Å². The number of rotatable bonds is 2. The molecule has 1 amide bonds. The lowest BCUT2D eigenvalue weighted by molar-refractivity contribution is -0.122. The van der Waals surface area contributed by atoms with E-state index in [0.717, 1.165) is 22.7 Å². The molecule has 0 aromatic carbocycles. The highest BCUT2D eigenvalue weighted by molar-refractivity contribution is 9.10. The van der Waals surface area contributed by atoms with E-state index in [-0.39, 0.29) is 17.4 Å². The van der Waals surface area contributed by atoms with E-state index < -0.39 is 0 Å². The predicted molar refractivity (Wildman–Crippen MR) is 78.1 cm³/mol. The molecule has 1 saturated heterocycles. The van der Waals surface area contributed by atoms with Crippen LogP contribution in [0.25, 0.3) is 0 Å². The van der Waals surface area contributed by atoms with Gasteiger partial charge in [-0.3, -0.25) is 4.79 Å². The first kappa shape index (κ1) is 14.2. The number of aromatic nitrogens is 2. The second-order valence-corrected chi connectivity index (χ2v) is 6.65. The molecule has 6 heteroatoms. The molecular formula is C13H19BrN4O. The van der Waals surface area contributed by atoms with E-state index in [4.69, 9.17) is 0 Å². The zero-order chi connectivity index (χ0) is 14.0. The third-order valence-corrected chi connectivity index (χ3v) is 3.39. The fourth-order valence-corrected chi connectivity index (χ4v) is 2.28. The maximum Gasteiger partial charge on any atom is 0.220 e. The molecule has 104 valence electrons. The van der Waals surface area contributed by atoms with Crippen LogP contribution in [0.1, 0.15) is 39.4 Å². The number of piperidine rings is 1. The van der Waals surface area contributed by atoms with Gasteiger partial charge >= 0.3 is 0 Å². The molecular weight excluding hydrogens is 308 g/mol. The molecule has 1 aliphatic rings. The Morgan fingerprint density at radius 3 is 2.74 bits per heavy atom. The molecule has 19 heavy (non-hydrogen) atoms. The van der Waals surface area contributed by atoms with Gasteiger partial charge in [0.15, 0.2) is 0 Å². The Labute approximate surface area is 121 Å².